The predicted octanol–water partition coefficient (Wildman–Crippen LogP) is 3.80. The number of hydrogen-bond acceptors (Lipinski definition) is 4. The highest BCUT2D eigenvalue weighted by molar-refractivity contribution is 6.30. The maximum atomic E-state index is 13.0. The molecule has 0 saturated heterocycles. The highest BCUT2D eigenvalue weighted by Gasteiger charge is 2.36. The van der Waals surface area contributed by atoms with Crippen LogP contribution in [0.3, 0.4) is 0 Å². The standard InChI is InChI=1S/C16H11ClF3N5O/c1-25-8-9(6-22-25)11-3-2-4-12(23-11)15(26)24-13-5-10(17)7-21-14(13)16(18,19)20/h2-8H,1H3,(H,24,26). The fourth-order valence-corrected chi connectivity index (χ4v) is 2.38. The van der Waals surface area contributed by atoms with Gasteiger partial charge in [-0.1, -0.05) is 17.7 Å². The third-order valence-electron chi connectivity index (χ3n) is 3.35. The van der Waals surface area contributed by atoms with Gasteiger partial charge < -0.3 is 5.32 Å². The number of nitrogens with one attached hydrogen (secondary N) is 1. The van der Waals surface area contributed by atoms with Crippen LogP contribution in [0.1, 0.15) is 16.2 Å². The van der Waals surface area contributed by atoms with Crippen molar-refractivity contribution in [1.29, 1.82) is 0 Å². The number of alkyl halides is 3. The van der Waals surface area contributed by atoms with Gasteiger partial charge in [-0.25, -0.2) is 9.97 Å². The smallest absolute Gasteiger partial charge is 0.319 e. The van der Waals surface area contributed by atoms with E-state index >= 15 is 0 Å². The fraction of sp³-hybridized carbons (Fsp3) is 0.125. The van der Waals surface area contributed by atoms with E-state index in [0.717, 1.165) is 12.3 Å². The van der Waals surface area contributed by atoms with Crippen LogP contribution >= 0.6 is 11.6 Å². The van der Waals surface area contributed by atoms with Gasteiger partial charge in [-0.05, 0) is 18.2 Å². The molecule has 10 heteroatoms. The number of aromatic nitrogens is 4. The van der Waals surface area contributed by atoms with Crippen LogP contribution in [0.15, 0.2) is 42.9 Å². The molecule has 3 aromatic heterocycles. The molecule has 0 fully saturated rings. The molecule has 3 heterocycles. The van der Waals surface area contributed by atoms with Crippen LogP contribution < -0.4 is 5.32 Å². The Kier molecular flexibility index (Phi) is 4.64. The lowest BCUT2D eigenvalue weighted by Gasteiger charge is -2.13. The first-order valence-electron chi connectivity index (χ1n) is 7.24. The van der Waals surface area contributed by atoms with Crippen molar-refractivity contribution in [2.45, 2.75) is 6.18 Å². The first-order valence-corrected chi connectivity index (χ1v) is 7.62. The van der Waals surface area contributed by atoms with Crippen LogP contribution in [0.2, 0.25) is 5.02 Å². The van der Waals surface area contributed by atoms with E-state index in [2.05, 4.69) is 20.4 Å². The molecule has 0 atom stereocenters. The Bertz CT molecular complexity index is 971. The van der Waals surface area contributed by atoms with Gasteiger partial charge in [-0.15, -0.1) is 0 Å². The first-order chi connectivity index (χ1) is 12.2. The van der Waals surface area contributed by atoms with Crippen LogP contribution in [-0.4, -0.2) is 25.7 Å². The van der Waals surface area contributed by atoms with Crippen molar-refractivity contribution < 1.29 is 18.0 Å². The second kappa shape index (κ2) is 6.75. The minimum atomic E-state index is -4.74. The maximum Gasteiger partial charge on any atom is 0.435 e. The number of anilines is 1. The SMILES string of the molecule is Cn1cc(-c2cccc(C(=O)Nc3cc(Cl)cnc3C(F)(F)F)n2)cn1. The van der Waals surface area contributed by atoms with E-state index in [4.69, 9.17) is 11.6 Å². The van der Waals surface area contributed by atoms with Crippen LogP contribution in [0.25, 0.3) is 11.3 Å². The summed E-state index contributed by atoms with van der Waals surface area (Å²) in [4.78, 5) is 19.8. The molecule has 3 aromatic rings. The van der Waals surface area contributed by atoms with Gasteiger partial charge in [0.2, 0.25) is 0 Å². The van der Waals surface area contributed by atoms with Crippen LogP contribution in [0, 0.1) is 0 Å². The number of hydrogen-bond donors (Lipinski definition) is 1. The zero-order chi connectivity index (χ0) is 18.9. The highest BCUT2D eigenvalue weighted by Crippen LogP contribution is 2.34. The van der Waals surface area contributed by atoms with Crippen LogP contribution in [-0.2, 0) is 13.2 Å². The Morgan fingerprint density at radius 2 is 2.04 bits per heavy atom. The molecular formula is C16H11ClF3N5O. The second-order valence-electron chi connectivity index (χ2n) is 5.31. The summed E-state index contributed by atoms with van der Waals surface area (Å²) in [5.74, 6) is -0.815. The Balaban J connectivity index is 1.91. The summed E-state index contributed by atoms with van der Waals surface area (Å²) in [7, 11) is 1.73. The van der Waals surface area contributed by atoms with E-state index < -0.39 is 23.5 Å². The second-order valence-corrected chi connectivity index (χ2v) is 5.75. The monoisotopic (exact) mass is 381 g/mol. The number of carbonyl (C=O) groups excluding carboxylic acids is 1. The summed E-state index contributed by atoms with van der Waals surface area (Å²) in [6.07, 6.45) is -0.612. The van der Waals surface area contributed by atoms with Gasteiger partial charge >= 0.3 is 6.18 Å². The van der Waals surface area contributed by atoms with Crippen molar-refractivity contribution >= 4 is 23.2 Å². The van der Waals surface area contributed by atoms with E-state index in [0.29, 0.717) is 11.3 Å². The number of rotatable bonds is 3. The summed E-state index contributed by atoms with van der Waals surface area (Å²) in [5.41, 5.74) is -0.699. The van der Waals surface area contributed by atoms with Crippen LogP contribution in [0.4, 0.5) is 18.9 Å². The minimum Gasteiger partial charge on any atom is -0.319 e. The molecule has 1 N–H and O–H groups in total. The van der Waals surface area contributed by atoms with Gasteiger partial charge in [-0.3, -0.25) is 9.48 Å². The van der Waals surface area contributed by atoms with Gasteiger partial charge in [0, 0.05) is 25.0 Å². The molecule has 0 radical (unpaired) electrons. The summed E-state index contributed by atoms with van der Waals surface area (Å²) < 4.78 is 40.7. The van der Waals surface area contributed by atoms with Crippen molar-refractivity contribution in [3.8, 4) is 11.3 Å². The van der Waals surface area contributed by atoms with Crippen molar-refractivity contribution in [3.63, 3.8) is 0 Å². The van der Waals surface area contributed by atoms with Crippen molar-refractivity contribution in [2.24, 2.45) is 7.05 Å². The normalized spacial score (nSPS) is 11.4. The first kappa shape index (κ1) is 17.9. The number of nitrogens with zero attached hydrogens (tertiary/aromatic N) is 4. The molecule has 26 heavy (non-hydrogen) atoms. The molecule has 0 spiro atoms. The lowest BCUT2D eigenvalue weighted by atomic mass is 10.2. The minimum absolute atomic E-state index is 0.0367. The maximum absolute atomic E-state index is 13.0. The quantitative estimate of drug-likeness (QED) is 0.749. The molecule has 0 saturated carbocycles. The van der Waals surface area contributed by atoms with E-state index in [9.17, 15) is 18.0 Å². The van der Waals surface area contributed by atoms with E-state index in [1.807, 2.05) is 0 Å². The van der Waals surface area contributed by atoms with Gasteiger partial charge in [0.1, 0.15) is 5.69 Å². The number of carbonyl (C=O) groups is 1. The Morgan fingerprint density at radius 1 is 1.27 bits per heavy atom. The molecule has 3 rings (SSSR count). The van der Waals surface area contributed by atoms with Crippen LogP contribution in [0.5, 0.6) is 0 Å². The van der Waals surface area contributed by atoms with E-state index in [-0.39, 0.29) is 10.7 Å². The molecule has 0 unspecified atom stereocenters. The third-order valence-corrected chi connectivity index (χ3v) is 3.56. The number of pyridine rings is 2. The molecule has 0 bridgehead atoms. The number of amides is 1. The highest BCUT2D eigenvalue weighted by atomic mass is 35.5. The van der Waals surface area contributed by atoms with Crippen molar-refractivity contribution in [3.05, 3.63) is 59.3 Å². The number of aryl methyl sites for hydroxylation is 1. The number of halogens is 4. The molecule has 6 nitrogen and oxygen atoms in total. The Labute approximate surface area is 150 Å². The Morgan fingerprint density at radius 3 is 2.69 bits per heavy atom. The lowest BCUT2D eigenvalue weighted by molar-refractivity contribution is -0.140. The van der Waals surface area contributed by atoms with Gasteiger partial charge in [-0.2, -0.15) is 18.3 Å². The molecule has 134 valence electrons. The van der Waals surface area contributed by atoms with E-state index in [1.165, 1.54) is 6.07 Å². The van der Waals surface area contributed by atoms with Gasteiger partial charge in [0.25, 0.3) is 5.91 Å². The average Bonchev–Trinajstić information content (AvgIpc) is 3.00. The molecule has 0 aromatic carbocycles. The molecular weight excluding hydrogens is 371 g/mol. The molecule has 1 amide bonds. The zero-order valence-corrected chi connectivity index (χ0v) is 14.0. The lowest BCUT2D eigenvalue weighted by Crippen LogP contribution is -2.19. The summed E-state index contributed by atoms with van der Waals surface area (Å²) in [6, 6.07) is 5.61. The zero-order valence-electron chi connectivity index (χ0n) is 13.3. The van der Waals surface area contributed by atoms with Crippen molar-refractivity contribution in [2.75, 3.05) is 5.32 Å². The van der Waals surface area contributed by atoms with Gasteiger partial charge in [0.05, 0.1) is 22.6 Å². The molecule has 0 aliphatic carbocycles. The average molecular weight is 382 g/mol. The largest absolute Gasteiger partial charge is 0.435 e. The molecule has 0 aliphatic rings. The Hall–Kier alpha value is -2.94. The van der Waals surface area contributed by atoms with E-state index in [1.54, 1.807) is 36.3 Å². The summed E-state index contributed by atoms with van der Waals surface area (Å²) in [5, 5.41) is 6.14. The summed E-state index contributed by atoms with van der Waals surface area (Å²) >= 11 is 5.70. The third kappa shape index (κ3) is 3.83. The topological polar surface area (TPSA) is 72.7 Å². The van der Waals surface area contributed by atoms with Crippen molar-refractivity contribution in [1.82, 2.24) is 19.7 Å². The van der Waals surface area contributed by atoms with Gasteiger partial charge in [0.15, 0.2) is 5.69 Å². The predicted molar refractivity (Wildman–Crippen MR) is 88.6 cm³/mol. The summed E-state index contributed by atoms with van der Waals surface area (Å²) in [6.45, 7) is 0. The fourth-order valence-electron chi connectivity index (χ4n) is 2.22. The molecule has 0 aliphatic heterocycles.